The van der Waals surface area contributed by atoms with E-state index in [1.165, 1.54) is 12.8 Å². The van der Waals surface area contributed by atoms with E-state index in [2.05, 4.69) is 43.1 Å². The van der Waals surface area contributed by atoms with Gasteiger partial charge in [0.1, 0.15) is 0 Å². The van der Waals surface area contributed by atoms with Crippen molar-refractivity contribution in [2.24, 2.45) is 0 Å². The second kappa shape index (κ2) is 11.1. The molecule has 0 atom stereocenters. The molecule has 0 N–H and O–H groups in total. The second-order valence-corrected chi connectivity index (χ2v) is 8.87. The number of rotatable bonds is 11. The third kappa shape index (κ3) is 5.44. The van der Waals surface area contributed by atoms with Crippen molar-refractivity contribution in [3.05, 3.63) is 11.8 Å². The number of hydrogen-bond donors (Lipinski definition) is 0. The van der Waals surface area contributed by atoms with Crippen LogP contribution in [0.2, 0.25) is 0 Å². The van der Waals surface area contributed by atoms with Crippen molar-refractivity contribution in [1.29, 1.82) is 0 Å². The van der Waals surface area contributed by atoms with Gasteiger partial charge in [0.05, 0.1) is 6.61 Å². The zero-order chi connectivity index (χ0) is 18.0. The van der Waals surface area contributed by atoms with E-state index < -0.39 is 7.79 Å². The van der Waals surface area contributed by atoms with Crippen LogP contribution in [0.15, 0.2) is 11.8 Å². The van der Waals surface area contributed by atoms with E-state index >= 15 is 0 Å². The summed E-state index contributed by atoms with van der Waals surface area (Å²) in [6.45, 7) is 14.3. The highest BCUT2D eigenvalue weighted by Crippen LogP contribution is 2.67. The number of carbonyl (C=O) groups is 1. The highest BCUT2D eigenvalue weighted by molar-refractivity contribution is 7.67. The van der Waals surface area contributed by atoms with E-state index in [9.17, 15) is 4.79 Å². The summed E-state index contributed by atoms with van der Waals surface area (Å²) in [5.41, 5.74) is 0. The molecular formula is C18H36N2O3P+. The minimum Gasteiger partial charge on any atom is -0.463 e. The first kappa shape index (κ1) is 21.4. The summed E-state index contributed by atoms with van der Waals surface area (Å²) in [6, 6.07) is 0. The lowest BCUT2D eigenvalue weighted by Gasteiger charge is -2.39. The molecule has 0 saturated carbocycles. The lowest BCUT2D eigenvalue weighted by atomic mass is 10.1. The van der Waals surface area contributed by atoms with Gasteiger partial charge >= 0.3 is 13.8 Å². The van der Waals surface area contributed by atoms with Crippen LogP contribution in [-0.4, -0.2) is 54.3 Å². The largest absolute Gasteiger partial charge is 0.463 e. The van der Waals surface area contributed by atoms with E-state index in [4.69, 9.17) is 9.26 Å². The van der Waals surface area contributed by atoms with Crippen LogP contribution in [0.3, 0.4) is 0 Å². The Bertz CT molecular complexity index is 395. The van der Waals surface area contributed by atoms with Crippen molar-refractivity contribution in [2.45, 2.75) is 60.3 Å². The van der Waals surface area contributed by atoms with Gasteiger partial charge in [-0.15, -0.1) is 9.34 Å². The van der Waals surface area contributed by atoms with Crippen molar-refractivity contribution in [1.82, 2.24) is 9.34 Å². The predicted molar refractivity (Wildman–Crippen MR) is 102 cm³/mol. The average molecular weight is 359 g/mol. The van der Waals surface area contributed by atoms with Crippen molar-refractivity contribution >= 4 is 13.8 Å². The van der Waals surface area contributed by atoms with Gasteiger partial charge in [-0.05, 0) is 60.0 Å². The number of carbonyl (C=O) groups excluding carboxylic acids is 1. The summed E-state index contributed by atoms with van der Waals surface area (Å²) in [5.74, 6) is 0.915. The Morgan fingerprint density at radius 2 is 1.62 bits per heavy atom. The van der Waals surface area contributed by atoms with Gasteiger partial charge in [0.25, 0.3) is 0 Å². The topological polar surface area (TPSA) is 42.0 Å². The van der Waals surface area contributed by atoms with Gasteiger partial charge in [-0.1, -0.05) is 0 Å². The van der Waals surface area contributed by atoms with Crippen molar-refractivity contribution < 1.29 is 14.1 Å². The monoisotopic (exact) mass is 359 g/mol. The fourth-order valence-electron chi connectivity index (χ4n) is 3.31. The van der Waals surface area contributed by atoms with Gasteiger partial charge in [0.2, 0.25) is 6.16 Å². The molecule has 0 bridgehead atoms. The molecule has 24 heavy (non-hydrogen) atoms. The minimum atomic E-state index is -2.25. The number of nitrogens with zero attached hydrogens (tertiary/aromatic N) is 2. The predicted octanol–water partition coefficient (Wildman–Crippen LogP) is 4.47. The molecule has 1 aliphatic carbocycles. The summed E-state index contributed by atoms with van der Waals surface area (Å²) in [6.07, 6.45) is 7.00. The summed E-state index contributed by atoms with van der Waals surface area (Å²) in [7, 11) is -2.25. The Balaban J connectivity index is 3.23. The smallest absolute Gasteiger partial charge is 0.350 e. The fraction of sp³-hybridized carbons (Fsp3) is 0.833. The Labute approximate surface area is 148 Å². The molecule has 0 radical (unpaired) electrons. The van der Waals surface area contributed by atoms with Crippen LogP contribution in [0.5, 0.6) is 0 Å². The molecule has 0 heterocycles. The fourth-order valence-corrected chi connectivity index (χ4v) is 7.10. The Kier molecular flexibility index (Phi) is 9.87. The molecule has 0 spiro atoms. The summed E-state index contributed by atoms with van der Waals surface area (Å²) in [5, 5.41) is 0. The van der Waals surface area contributed by atoms with Crippen LogP contribution >= 0.6 is 7.79 Å². The van der Waals surface area contributed by atoms with Crippen LogP contribution in [0.25, 0.3) is 0 Å². The van der Waals surface area contributed by atoms with Crippen molar-refractivity contribution in [3.8, 4) is 0 Å². The van der Waals surface area contributed by atoms with Crippen LogP contribution in [0.1, 0.15) is 60.3 Å². The maximum Gasteiger partial charge on any atom is 0.350 e. The molecular weight excluding hydrogens is 323 g/mol. The van der Waals surface area contributed by atoms with Gasteiger partial charge in [0.15, 0.2) is 5.76 Å². The molecule has 0 saturated heterocycles. The molecule has 6 heteroatoms. The average Bonchev–Trinajstić information content (AvgIpc) is 2.58. The van der Waals surface area contributed by atoms with E-state index in [1.807, 2.05) is 6.92 Å². The Hall–Kier alpha value is -0.640. The molecule has 1 aliphatic rings. The van der Waals surface area contributed by atoms with Crippen LogP contribution < -0.4 is 0 Å². The van der Waals surface area contributed by atoms with Crippen LogP contribution in [-0.2, 0) is 14.1 Å². The zero-order valence-electron chi connectivity index (χ0n) is 16.2. The molecule has 1 rings (SSSR count). The van der Waals surface area contributed by atoms with Gasteiger partial charge in [-0.3, -0.25) is 0 Å². The molecule has 5 nitrogen and oxygen atoms in total. The molecule has 0 aromatic rings. The quantitative estimate of drug-likeness (QED) is 0.402. The first-order valence-electron chi connectivity index (χ1n) is 9.50. The first-order chi connectivity index (χ1) is 11.6. The van der Waals surface area contributed by atoms with Crippen LogP contribution in [0, 0.1) is 0 Å². The van der Waals surface area contributed by atoms with E-state index in [0.29, 0.717) is 12.8 Å². The maximum absolute atomic E-state index is 12.4. The molecule has 0 aliphatic heterocycles. The standard InChI is InChI=1S/C18H36N2O3P/c1-6-19(7-2)24(20(8-3)9-4,16-18(21)22-10-5)23-17-14-12-11-13-15-17/h14H,6-13,15-16H2,1-5H3/q+1. The first-order valence-corrected chi connectivity index (χ1v) is 11.3. The lowest BCUT2D eigenvalue weighted by Crippen LogP contribution is -2.41. The van der Waals surface area contributed by atoms with E-state index in [0.717, 1.165) is 44.8 Å². The summed E-state index contributed by atoms with van der Waals surface area (Å²) < 4.78 is 16.7. The third-order valence-corrected chi connectivity index (χ3v) is 8.59. The summed E-state index contributed by atoms with van der Waals surface area (Å²) >= 11 is 0. The highest BCUT2D eigenvalue weighted by atomic mass is 31.2. The van der Waals surface area contributed by atoms with Crippen LogP contribution in [0.4, 0.5) is 0 Å². The van der Waals surface area contributed by atoms with Gasteiger partial charge in [-0.25, -0.2) is 4.79 Å². The van der Waals surface area contributed by atoms with Crippen molar-refractivity contribution in [2.75, 3.05) is 38.9 Å². The Morgan fingerprint density at radius 3 is 2.04 bits per heavy atom. The Morgan fingerprint density at radius 1 is 1.04 bits per heavy atom. The van der Waals surface area contributed by atoms with Gasteiger partial charge in [-0.2, -0.15) is 0 Å². The normalized spacial score (nSPS) is 15.5. The SMILES string of the molecule is CCOC(=O)C[P+](OC1=CCCCC1)(N(CC)CC)N(CC)CC. The number of esters is 1. The lowest BCUT2D eigenvalue weighted by molar-refractivity contribution is -0.140. The minimum absolute atomic E-state index is 0.152. The number of hydrogen-bond acceptors (Lipinski definition) is 5. The van der Waals surface area contributed by atoms with E-state index in [-0.39, 0.29) is 5.97 Å². The molecule has 140 valence electrons. The van der Waals surface area contributed by atoms with Gasteiger partial charge < -0.3 is 9.26 Å². The zero-order valence-corrected chi connectivity index (χ0v) is 17.1. The molecule has 0 aromatic heterocycles. The molecule has 0 amide bonds. The maximum atomic E-state index is 12.4. The number of allylic oxidation sites excluding steroid dienone is 2. The highest BCUT2D eigenvalue weighted by Gasteiger charge is 2.55. The molecule has 0 aromatic carbocycles. The van der Waals surface area contributed by atoms with Crippen molar-refractivity contribution in [3.63, 3.8) is 0 Å². The summed E-state index contributed by atoms with van der Waals surface area (Å²) in [4.78, 5) is 12.4. The molecule has 0 fully saturated rings. The number of ether oxygens (including phenoxy) is 1. The molecule has 0 unspecified atom stereocenters. The van der Waals surface area contributed by atoms with E-state index in [1.54, 1.807) is 0 Å². The second-order valence-electron chi connectivity index (χ2n) is 5.91. The van der Waals surface area contributed by atoms with Gasteiger partial charge in [0, 0.05) is 32.6 Å². The third-order valence-electron chi connectivity index (χ3n) is 4.50.